The summed E-state index contributed by atoms with van der Waals surface area (Å²) in [5.74, 6) is 1.91. The lowest BCUT2D eigenvalue weighted by atomic mass is 10.00. The van der Waals surface area contributed by atoms with Gasteiger partial charge in [-0.25, -0.2) is 9.97 Å². The third-order valence-corrected chi connectivity index (χ3v) is 3.35. The van der Waals surface area contributed by atoms with E-state index >= 15 is 0 Å². The minimum Gasteiger partial charge on any atom is -0.356 e. The van der Waals surface area contributed by atoms with Crippen molar-refractivity contribution in [2.45, 2.75) is 26.7 Å². The minimum atomic E-state index is 0.251. The van der Waals surface area contributed by atoms with Crippen LogP contribution < -0.4 is 4.90 Å². The van der Waals surface area contributed by atoms with Crippen LogP contribution in [0.5, 0.6) is 0 Å². The molecule has 0 radical (unpaired) electrons. The number of piperidine rings is 1. The van der Waals surface area contributed by atoms with Crippen molar-refractivity contribution in [3.63, 3.8) is 0 Å². The molecule has 0 N–H and O–H groups in total. The Morgan fingerprint density at radius 3 is 2.88 bits per heavy atom. The molecule has 1 aromatic heterocycles. The van der Waals surface area contributed by atoms with E-state index in [0.29, 0.717) is 23.1 Å². The molecular weight excluding hydrogens is 238 g/mol. The van der Waals surface area contributed by atoms with Crippen LogP contribution in [0.4, 0.5) is 5.82 Å². The maximum atomic E-state index is 11.1. The normalized spacial score (nSPS) is 20.4. The van der Waals surface area contributed by atoms with Crippen molar-refractivity contribution >= 4 is 23.7 Å². The first-order valence-electron chi connectivity index (χ1n) is 5.86. The average molecular weight is 254 g/mol. The number of hydrogen-bond donors (Lipinski definition) is 0. The molecule has 2 heterocycles. The van der Waals surface area contributed by atoms with Gasteiger partial charge in [0.2, 0.25) is 0 Å². The predicted octanol–water partition coefficient (Wildman–Crippen LogP) is 2.49. The van der Waals surface area contributed by atoms with Gasteiger partial charge in [-0.15, -0.1) is 0 Å². The monoisotopic (exact) mass is 253 g/mol. The molecule has 2 rings (SSSR count). The molecule has 0 aromatic carbocycles. The number of rotatable bonds is 2. The second-order valence-electron chi connectivity index (χ2n) is 4.61. The molecule has 1 unspecified atom stereocenters. The Balaban J connectivity index is 2.39. The van der Waals surface area contributed by atoms with E-state index in [1.165, 1.54) is 6.42 Å². The SMILES string of the molecule is Cc1nc(Cl)c(C=O)c(N2CCCC(C)C2)n1. The third-order valence-electron chi connectivity index (χ3n) is 3.07. The highest BCUT2D eigenvalue weighted by atomic mass is 35.5. The Morgan fingerprint density at radius 2 is 2.24 bits per heavy atom. The van der Waals surface area contributed by atoms with E-state index in [2.05, 4.69) is 21.8 Å². The number of aromatic nitrogens is 2. The number of halogens is 1. The summed E-state index contributed by atoms with van der Waals surface area (Å²) in [5, 5.41) is 0.251. The van der Waals surface area contributed by atoms with E-state index in [1.54, 1.807) is 6.92 Å². The van der Waals surface area contributed by atoms with E-state index in [0.717, 1.165) is 25.8 Å². The van der Waals surface area contributed by atoms with Crippen molar-refractivity contribution < 1.29 is 4.79 Å². The molecular formula is C12H16ClN3O. The van der Waals surface area contributed by atoms with Crippen LogP contribution in [0.15, 0.2) is 0 Å². The van der Waals surface area contributed by atoms with Crippen LogP contribution in [0.1, 0.15) is 35.9 Å². The highest BCUT2D eigenvalue weighted by Crippen LogP contribution is 2.27. The topological polar surface area (TPSA) is 46.1 Å². The maximum absolute atomic E-state index is 11.1. The van der Waals surface area contributed by atoms with E-state index < -0.39 is 0 Å². The summed E-state index contributed by atoms with van der Waals surface area (Å²) in [5.41, 5.74) is 0.409. The van der Waals surface area contributed by atoms with E-state index in [1.807, 2.05) is 0 Å². The molecule has 92 valence electrons. The van der Waals surface area contributed by atoms with Gasteiger partial charge in [-0.2, -0.15) is 0 Å². The number of aryl methyl sites for hydroxylation is 1. The smallest absolute Gasteiger partial charge is 0.156 e. The molecule has 0 bridgehead atoms. The van der Waals surface area contributed by atoms with Crippen LogP contribution in [0, 0.1) is 12.8 Å². The quantitative estimate of drug-likeness (QED) is 0.600. The zero-order chi connectivity index (χ0) is 12.4. The van der Waals surface area contributed by atoms with Crippen molar-refractivity contribution in [2.75, 3.05) is 18.0 Å². The van der Waals surface area contributed by atoms with Crippen LogP contribution in [-0.2, 0) is 0 Å². The summed E-state index contributed by atoms with van der Waals surface area (Å²) in [6, 6.07) is 0. The van der Waals surface area contributed by atoms with Crippen LogP contribution in [0.25, 0.3) is 0 Å². The van der Waals surface area contributed by atoms with Crippen LogP contribution in [0.3, 0.4) is 0 Å². The lowest BCUT2D eigenvalue weighted by molar-refractivity contribution is 0.112. The van der Waals surface area contributed by atoms with Gasteiger partial charge >= 0.3 is 0 Å². The van der Waals surface area contributed by atoms with Gasteiger partial charge in [-0.05, 0) is 25.7 Å². The van der Waals surface area contributed by atoms with Crippen LogP contribution in [-0.4, -0.2) is 29.3 Å². The predicted molar refractivity (Wildman–Crippen MR) is 67.8 cm³/mol. The first kappa shape index (κ1) is 12.3. The van der Waals surface area contributed by atoms with Gasteiger partial charge < -0.3 is 4.90 Å². The molecule has 17 heavy (non-hydrogen) atoms. The average Bonchev–Trinajstić information content (AvgIpc) is 2.28. The summed E-state index contributed by atoms with van der Waals surface area (Å²) in [7, 11) is 0. The van der Waals surface area contributed by atoms with E-state index in [4.69, 9.17) is 11.6 Å². The molecule has 0 amide bonds. The Kier molecular flexibility index (Phi) is 3.62. The highest BCUT2D eigenvalue weighted by Gasteiger charge is 2.22. The molecule has 5 heteroatoms. The van der Waals surface area contributed by atoms with Gasteiger partial charge in [0.1, 0.15) is 16.8 Å². The zero-order valence-electron chi connectivity index (χ0n) is 10.1. The molecule has 1 aromatic rings. The number of aldehydes is 1. The first-order valence-corrected chi connectivity index (χ1v) is 6.24. The Morgan fingerprint density at radius 1 is 1.47 bits per heavy atom. The highest BCUT2D eigenvalue weighted by molar-refractivity contribution is 6.32. The van der Waals surface area contributed by atoms with Crippen LogP contribution in [0.2, 0.25) is 5.15 Å². The molecule has 0 spiro atoms. The summed E-state index contributed by atoms with van der Waals surface area (Å²) in [6.45, 7) is 5.85. The lowest BCUT2D eigenvalue weighted by Gasteiger charge is -2.32. The van der Waals surface area contributed by atoms with Crippen molar-refractivity contribution in [1.82, 2.24) is 9.97 Å². The summed E-state index contributed by atoms with van der Waals surface area (Å²) in [4.78, 5) is 21.6. The van der Waals surface area contributed by atoms with Gasteiger partial charge in [-0.1, -0.05) is 18.5 Å². The number of carbonyl (C=O) groups excluding carboxylic acids is 1. The third kappa shape index (κ3) is 2.57. The molecule has 1 aliphatic rings. The Labute approximate surface area is 106 Å². The van der Waals surface area contributed by atoms with E-state index in [9.17, 15) is 4.79 Å². The summed E-state index contributed by atoms with van der Waals surface area (Å²) >= 11 is 5.98. The molecule has 1 aliphatic heterocycles. The van der Waals surface area contributed by atoms with Gasteiger partial charge in [-0.3, -0.25) is 4.79 Å². The fraction of sp³-hybridized carbons (Fsp3) is 0.583. The largest absolute Gasteiger partial charge is 0.356 e. The van der Waals surface area contributed by atoms with E-state index in [-0.39, 0.29) is 5.15 Å². The van der Waals surface area contributed by atoms with Gasteiger partial charge in [0.15, 0.2) is 6.29 Å². The van der Waals surface area contributed by atoms with Crippen molar-refractivity contribution in [2.24, 2.45) is 5.92 Å². The summed E-state index contributed by atoms with van der Waals surface area (Å²) in [6.07, 6.45) is 3.10. The fourth-order valence-corrected chi connectivity index (χ4v) is 2.51. The second-order valence-corrected chi connectivity index (χ2v) is 4.97. The molecule has 1 atom stereocenters. The molecule has 0 saturated carbocycles. The molecule has 0 aliphatic carbocycles. The van der Waals surface area contributed by atoms with Crippen LogP contribution >= 0.6 is 11.6 Å². The maximum Gasteiger partial charge on any atom is 0.156 e. The standard InChI is InChI=1S/C12H16ClN3O/c1-8-4-3-5-16(6-8)12-10(7-17)11(13)14-9(2)15-12/h7-8H,3-6H2,1-2H3. The second kappa shape index (κ2) is 5.00. The number of hydrogen-bond acceptors (Lipinski definition) is 4. The summed E-state index contributed by atoms with van der Waals surface area (Å²) < 4.78 is 0. The van der Waals surface area contributed by atoms with Crippen molar-refractivity contribution in [1.29, 1.82) is 0 Å². The number of carbonyl (C=O) groups is 1. The Bertz CT molecular complexity index is 436. The zero-order valence-corrected chi connectivity index (χ0v) is 10.9. The van der Waals surface area contributed by atoms with Crippen molar-refractivity contribution in [3.8, 4) is 0 Å². The molecule has 4 nitrogen and oxygen atoms in total. The number of nitrogens with zero attached hydrogens (tertiary/aromatic N) is 3. The minimum absolute atomic E-state index is 0.251. The van der Waals surface area contributed by atoms with Gasteiger partial charge in [0.05, 0.1) is 5.56 Å². The fourth-order valence-electron chi connectivity index (χ4n) is 2.26. The van der Waals surface area contributed by atoms with Gasteiger partial charge in [0, 0.05) is 13.1 Å². The Hall–Kier alpha value is -1.16. The first-order chi connectivity index (χ1) is 8.11. The van der Waals surface area contributed by atoms with Gasteiger partial charge in [0.25, 0.3) is 0 Å². The molecule has 1 fully saturated rings. The molecule has 1 saturated heterocycles. The van der Waals surface area contributed by atoms with Crippen molar-refractivity contribution in [3.05, 3.63) is 16.5 Å². The lowest BCUT2D eigenvalue weighted by Crippen LogP contribution is -2.35. The number of anilines is 1.